The maximum Gasteiger partial charge on any atom is 0.240 e. The highest BCUT2D eigenvalue weighted by atomic mass is 32.2. The molecule has 108 valence electrons. The van der Waals surface area contributed by atoms with Crippen molar-refractivity contribution in [3.8, 4) is 6.07 Å². The molecule has 1 atom stereocenters. The predicted molar refractivity (Wildman–Crippen MR) is 76.6 cm³/mol. The lowest BCUT2D eigenvalue weighted by atomic mass is 9.83. The van der Waals surface area contributed by atoms with Gasteiger partial charge in [-0.2, -0.15) is 5.26 Å². The van der Waals surface area contributed by atoms with Crippen LogP contribution < -0.4 is 10.0 Å². The molecule has 0 bridgehead atoms. The van der Waals surface area contributed by atoms with Crippen molar-refractivity contribution in [2.45, 2.75) is 24.7 Å². The predicted octanol–water partition coefficient (Wildman–Crippen LogP) is 1.23. The first-order valence-corrected chi connectivity index (χ1v) is 8.14. The highest BCUT2D eigenvalue weighted by molar-refractivity contribution is 7.89. The molecule has 1 unspecified atom stereocenters. The van der Waals surface area contributed by atoms with Crippen LogP contribution in [0.1, 0.15) is 25.3 Å². The molecule has 1 aromatic carbocycles. The first-order valence-electron chi connectivity index (χ1n) is 6.66. The van der Waals surface area contributed by atoms with E-state index in [-0.39, 0.29) is 10.3 Å². The fourth-order valence-corrected chi connectivity index (χ4v) is 3.53. The van der Waals surface area contributed by atoms with Crippen molar-refractivity contribution >= 4 is 10.0 Å². The molecule has 0 spiro atoms. The summed E-state index contributed by atoms with van der Waals surface area (Å²) in [6.07, 6.45) is 2.07. The molecule has 2 N–H and O–H groups in total. The number of rotatable bonds is 4. The van der Waals surface area contributed by atoms with E-state index >= 15 is 0 Å². The lowest BCUT2D eigenvalue weighted by Crippen LogP contribution is -2.45. The zero-order valence-corrected chi connectivity index (χ0v) is 12.3. The number of sulfonamides is 1. The van der Waals surface area contributed by atoms with Crippen LogP contribution in [0.25, 0.3) is 0 Å². The minimum atomic E-state index is -3.51. The van der Waals surface area contributed by atoms with Crippen LogP contribution in [-0.2, 0) is 10.0 Å². The Morgan fingerprint density at radius 2 is 2.10 bits per heavy atom. The van der Waals surface area contributed by atoms with Crippen molar-refractivity contribution < 1.29 is 8.42 Å². The van der Waals surface area contributed by atoms with Gasteiger partial charge >= 0.3 is 0 Å². The van der Waals surface area contributed by atoms with E-state index < -0.39 is 10.0 Å². The summed E-state index contributed by atoms with van der Waals surface area (Å²) in [5.41, 5.74) is 0.408. The molecule has 1 saturated heterocycles. The van der Waals surface area contributed by atoms with Crippen LogP contribution >= 0.6 is 0 Å². The van der Waals surface area contributed by atoms with Crippen LogP contribution in [-0.4, -0.2) is 28.1 Å². The Morgan fingerprint density at radius 3 is 2.65 bits per heavy atom. The van der Waals surface area contributed by atoms with Gasteiger partial charge in [-0.25, -0.2) is 13.1 Å². The van der Waals surface area contributed by atoms with Gasteiger partial charge in [0.25, 0.3) is 0 Å². The lowest BCUT2D eigenvalue weighted by molar-refractivity contribution is 0.238. The smallest absolute Gasteiger partial charge is 0.240 e. The van der Waals surface area contributed by atoms with E-state index in [0.717, 1.165) is 25.9 Å². The van der Waals surface area contributed by atoms with Gasteiger partial charge in [-0.05, 0) is 49.1 Å². The van der Waals surface area contributed by atoms with Crippen LogP contribution in [0, 0.1) is 16.7 Å². The maximum atomic E-state index is 12.2. The van der Waals surface area contributed by atoms with Gasteiger partial charge in [0, 0.05) is 13.1 Å². The summed E-state index contributed by atoms with van der Waals surface area (Å²) in [6.45, 7) is 4.32. The van der Waals surface area contributed by atoms with Gasteiger partial charge in [0.05, 0.1) is 16.5 Å². The molecule has 1 aromatic rings. The fourth-order valence-electron chi connectivity index (χ4n) is 2.33. The van der Waals surface area contributed by atoms with Crippen LogP contribution in [0.3, 0.4) is 0 Å². The summed E-state index contributed by atoms with van der Waals surface area (Å²) in [5, 5.41) is 12.0. The molecule has 5 nitrogen and oxygen atoms in total. The summed E-state index contributed by atoms with van der Waals surface area (Å²) < 4.78 is 27.1. The Hall–Kier alpha value is -1.42. The van der Waals surface area contributed by atoms with Crippen LogP contribution in [0.5, 0.6) is 0 Å². The third kappa shape index (κ3) is 3.57. The first kappa shape index (κ1) is 15.0. The molecule has 0 amide bonds. The standard InChI is InChI=1S/C14H19N3O2S/c1-14(7-2-8-16-10-14)11-17-20(18,19)13-5-3-12(9-15)4-6-13/h3-6,16-17H,2,7-8,10-11H2,1H3. The number of nitriles is 1. The molecule has 1 heterocycles. The second-order valence-corrected chi connectivity index (χ2v) is 7.32. The minimum Gasteiger partial charge on any atom is -0.316 e. The molecule has 1 aliphatic heterocycles. The van der Waals surface area contributed by atoms with Crippen molar-refractivity contribution in [2.75, 3.05) is 19.6 Å². The quantitative estimate of drug-likeness (QED) is 0.874. The van der Waals surface area contributed by atoms with Gasteiger partial charge in [0.2, 0.25) is 10.0 Å². The highest BCUT2D eigenvalue weighted by Gasteiger charge is 2.28. The number of hydrogen-bond acceptors (Lipinski definition) is 4. The Kier molecular flexibility index (Phi) is 4.43. The van der Waals surface area contributed by atoms with Crippen LogP contribution in [0.4, 0.5) is 0 Å². The van der Waals surface area contributed by atoms with Crippen molar-refractivity contribution in [3.05, 3.63) is 29.8 Å². The number of benzene rings is 1. The van der Waals surface area contributed by atoms with E-state index in [4.69, 9.17) is 5.26 Å². The average Bonchev–Trinajstić information content (AvgIpc) is 2.46. The summed E-state index contributed by atoms with van der Waals surface area (Å²) >= 11 is 0. The number of nitrogens with zero attached hydrogens (tertiary/aromatic N) is 1. The first-order chi connectivity index (χ1) is 9.45. The largest absolute Gasteiger partial charge is 0.316 e. The van der Waals surface area contributed by atoms with Gasteiger partial charge in [-0.1, -0.05) is 6.92 Å². The van der Waals surface area contributed by atoms with E-state index in [1.54, 1.807) is 0 Å². The van der Waals surface area contributed by atoms with E-state index in [1.165, 1.54) is 24.3 Å². The summed E-state index contributed by atoms with van der Waals surface area (Å²) in [7, 11) is -3.51. The molecule has 6 heteroatoms. The van der Waals surface area contributed by atoms with E-state index in [0.29, 0.717) is 12.1 Å². The minimum absolute atomic E-state index is 0.0437. The monoisotopic (exact) mass is 293 g/mol. The molecular formula is C14H19N3O2S. The van der Waals surface area contributed by atoms with Gasteiger partial charge in [-0.3, -0.25) is 0 Å². The topological polar surface area (TPSA) is 82.0 Å². The van der Waals surface area contributed by atoms with E-state index in [2.05, 4.69) is 17.0 Å². The maximum absolute atomic E-state index is 12.2. The van der Waals surface area contributed by atoms with Crippen LogP contribution in [0.15, 0.2) is 29.2 Å². The van der Waals surface area contributed by atoms with E-state index in [1.807, 2.05) is 6.07 Å². The van der Waals surface area contributed by atoms with Gasteiger partial charge in [0.15, 0.2) is 0 Å². The molecule has 0 radical (unpaired) electrons. The van der Waals surface area contributed by atoms with Crippen molar-refractivity contribution in [1.82, 2.24) is 10.0 Å². The number of hydrogen-bond donors (Lipinski definition) is 2. The summed E-state index contributed by atoms with van der Waals surface area (Å²) in [5.74, 6) is 0. The molecule has 0 aromatic heterocycles. The molecule has 0 aliphatic carbocycles. The summed E-state index contributed by atoms with van der Waals surface area (Å²) in [6, 6.07) is 7.92. The second kappa shape index (κ2) is 5.92. The van der Waals surface area contributed by atoms with Crippen molar-refractivity contribution in [3.63, 3.8) is 0 Å². The Bertz CT molecular complexity index is 596. The normalized spacial score (nSPS) is 23.2. The van der Waals surface area contributed by atoms with Gasteiger partial charge in [0.1, 0.15) is 0 Å². The SMILES string of the molecule is CC1(CNS(=O)(=O)c2ccc(C#N)cc2)CCCNC1. The van der Waals surface area contributed by atoms with Crippen molar-refractivity contribution in [2.24, 2.45) is 5.41 Å². The van der Waals surface area contributed by atoms with Crippen molar-refractivity contribution in [1.29, 1.82) is 5.26 Å². The molecule has 20 heavy (non-hydrogen) atoms. The number of piperidine rings is 1. The van der Waals surface area contributed by atoms with Gasteiger partial charge < -0.3 is 5.32 Å². The summed E-state index contributed by atoms with van der Waals surface area (Å²) in [4.78, 5) is 0.198. The third-order valence-electron chi connectivity index (χ3n) is 3.67. The Morgan fingerprint density at radius 1 is 1.40 bits per heavy atom. The molecular weight excluding hydrogens is 274 g/mol. The molecule has 1 aliphatic rings. The second-order valence-electron chi connectivity index (χ2n) is 5.55. The van der Waals surface area contributed by atoms with E-state index in [9.17, 15) is 8.42 Å². The Labute approximate surface area is 120 Å². The van der Waals surface area contributed by atoms with Crippen LogP contribution in [0.2, 0.25) is 0 Å². The number of nitrogens with one attached hydrogen (secondary N) is 2. The highest BCUT2D eigenvalue weighted by Crippen LogP contribution is 2.25. The third-order valence-corrected chi connectivity index (χ3v) is 5.09. The molecule has 0 saturated carbocycles. The molecule has 1 fully saturated rings. The zero-order chi connectivity index (χ0) is 14.6. The zero-order valence-electron chi connectivity index (χ0n) is 11.5. The van der Waals surface area contributed by atoms with Gasteiger partial charge in [-0.15, -0.1) is 0 Å². The lowest BCUT2D eigenvalue weighted by Gasteiger charge is -2.34. The Balaban J connectivity index is 2.05. The average molecular weight is 293 g/mol. The molecule has 2 rings (SSSR count). The fraction of sp³-hybridized carbons (Fsp3) is 0.500.